The summed E-state index contributed by atoms with van der Waals surface area (Å²) in [6, 6.07) is 9.56. The predicted octanol–water partition coefficient (Wildman–Crippen LogP) is 3.18. The molecule has 0 saturated heterocycles. The Morgan fingerprint density at radius 2 is 1.62 bits per heavy atom. The van der Waals surface area contributed by atoms with Crippen LogP contribution in [0.15, 0.2) is 30.3 Å². The number of benzene rings is 2. The molecule has 1 N–H and O–H groups in total. The van der Waals surface area contributed by atoms with Crippen LogP contribution in [0.1, 0.15) is 18.1 Å². The van der Waals surface area contributed by atoms with Crippen molar-refractivity contribution in [1.82, 2.24) is 4.90 Å². The van der Waals surface area contributed by atoms with Gasteiger partial charge < -0.3 is 24.1 Å². The zero-order chi connectivity index (χ0) is 18.1. The van der Waals surface area contributed by atoms with Gasteiger partial charge in [-0.3, -0.25) is 4.90 Å². The Morgan fingerprint density at radius 3 is 2.35 bits per heavy atom. The lowest BCUT2D eigenvalue weighted by atomic mass is 10.1. The minimum Gasteiger partial charge on any atom is -0.454 e. The molecule has 0 bridgehead atoms. The summed E-state index contributed by atoms with van der Waals surface area (Å²) in [5.74, 6) is 2.87. The third kappa shape index (κ3) is 3.67. The molecule has 2 aromatic rings. The Balaban J connectivity index is 1.54. The fourth-order valence-electron chi connectivity index (χ4n) is 3.18. The van der Waals surface area contributed by atoms with Gasteiger partial charge in [-0.15, -0.1) is 0 Å². The van der Waals surface area contributed by atoms with Crippen molar-refractivity contribution in [2.75, 3.05) is 20.1 Å². The summed E-state index contributed by atoms with van der Waals surface area (Å²) in [4.78, 5) is 2.13. The topological polar surface area (TPSA) is 60.4 Å². The van der Waals surface area contributed by atoms with E-state index < -0.39 is 6.10 Å². The minimum atomic E-state index is -0.461. The molecule has 2 aliphatic rings. The molecule has 0 aliphatic carbocycles. The number of hydrogen-bond acceptors (Lipinski definition) is 6. The van der Waals surface area contributed by atoms with Crippen molar-refractivity contribution in [2.24, 2.45) is 0 Å². The fraction of sp³-hybridized carbons (Fsp3) is 0.368. The van der Waals surface area contributed by atoms with Crippen LogP contribution in [0.5, 0.6) is 23.0 Å². The molecule has 0 radical (unpaired) electrons. The fourth-order valence-corrected chi connectivity index (χ4v) is 3.39. The van der Waals surface area contributed by atoms with E-state index in [-0.39, 0.29) is 13.6 Å². The van der Waals surface area contributed by atoms with E-state index in [1.165, 1.54) is 0 Å². The van der Waals surface area contributed by atoms with Crippen molar-refractivity contribution < 1.29 is 24.1 Å². The Bertz CT molecular complexity index is 811. The summed E-state index contributed by atoms with van der Waals surface area (Å²) >= 11 is 6.41. The Hall–Kier alpha value is -2.15. The normalized spacial score (nSPS) is 15.5. The standard InChI is InChI=1S/C19H20ClNO5/c1-12(22)7-21(8-13-2-3-16-17(4-13)24-10-23-16)9-14-5-18-19(6-15(14)20)26-11-25-18/h2-6,12,22H,7-11H2,1H3. The molecule has 0 amide bonds. The van der Waals surface area contributed by atoms with Crippen molar-refractivity contribution in [3.63, 3.8) is 0 Å². The van der Waals surface area contributed by atoms with Crippen LogP contribution in [0.2, 0.25) is 5.02 Å². The summed E-state index contributed by atoms with van der Waals surface area (Å²) in [6.07, 6.45) is -0.461. The Kier molecular flexibility index (Phi) is 4.80. The van der Waals surface area contributed by atoms with Gasteiger partial charge in [0, 0.05) is 30.7 Å². The van der Waals surface area contributed by atoms with E-state index in [0.29, 0.717) is 36.2 Å². The van der Waals surface area contributed by atoms with Crippen molar-refractivity contribution in [2.45, 2.75) is 26.1 Å². The zero-order valence-electron chi connectivity index (χ0n) is 14.4. The monoisotopic (exact) mass is 377 g/mol. The van der Waals surface area contributed by atoms with E-state index in [4.69, 9.17) is 30.5 Å². The summed E-state index contributed by atoms with van der Waals surface area (Å²) in [5, 5.41) is 10.5. The van der Waals surface area contributed by atoms with Gasteiger partial charge in [-0.25, -0.2) is 0 Å². The molecule has 7 heteroatoms. The summed E-state index contributed by atoms with van der Waals surface area (Å²) in [6.45, 7) is 3.97. The third-order valence-electron chi connectivity index (χ3n) is 4.30. The highest BCUT2D eigenvalue weighted by Crippen LogP contribution is 2.37. The van der Waals surface area contributed by atoms with Gasteiger partial charge in [0.2, 0.25) is 13.6 Å². The molecule has 0 fully saturated rings. The highest BCUT2D eigenvalue weighted by atomic mass is 35.5. The molecule has 4 rings (SSSR count). The number of aliphatic hydroxyl groups is 1. The summed E-state index contributed by atoms with van der Waals surface area (Å²) in [7, 11) is 0. The lowest BCUT2D eigenvalue weighted by Crippen LogP contribution is -2.30. The second-order valence-corrected chi connectivity index (χ2v) is 6.91. The van der Waals surface area contributed by atoms with E-state index in [0.717, 1.165) is 22.6 Å². The number of hydrogen-bond donors (Lipinski definition) is 1. The number of nitrogens with zero attached hydrogens (tertiary/aromatic N) is 1. The predicted molar refractivity (Wildman–Crippen MR) is 95.9 cm³/mol. The van der Waals surface area contributed by atoms with Gasteiger partial charge in [0.25, 0.3) is 0 Å². The van der Waals surface area contributed by atoms with Gasteiger partial charge in [-0.2, -0.15) is 0 Å². The SMILES string of the molecule is CC(O)CN(Cc1ccc2c(c1)OCO2)Cc1cc2c(cc1Cl)OCO2. The molecule has 2 aliphatic heterocycles. The maximum absolute atomic E-state index is 9.89. The van der Waals surface area contributed by atoms with Crippen LogP contribution >= 0.6 is 11.6 Å². The summed E-state index contributed by atoms with van der Waals surface area (Å²) < 4.78 is 21.6. The Morgan fingerprint density at radius 1 is 0.962 bits per heavy atom. The van der Waals surface area contributed by atoms with Crippen LogP contribution in [0.3, 0.4) is 0 Å². The molecule has 138 valence electrons. The highest BCUT2D eigenvalue weighted by molar-refractivity contribution is 6.31. The molecule has 2 aromatic carbocycles. The van der Waals surface area contributed by atoms with E-state index in [2.05, 4.69) is 4.90 Å². The van der Waals surface area contributed by atoms with E-state index in [1.807, 2.05) is 24.3 Å². The van der Waals surface area contributed by atoms with Crippen molar-refractivity contribution in [3.05, 3.63) is 46.5 Å². The van der Waals surface area contributed by atoms with E-state index in [9.17, 15) is 5.11 Å². The molecular weight excluding hydrogens is 358 g/mol. The van der Waals surface area contributed by atoms with Crippen molar-refractivity contribution in [1.29, 1.82) is 0 Å². The van der Waals surface area contributed by atoms with Gasteiger partial charge in [-0.1, -0.05) is 17.7 Å². The number of aliphatic hydroxyl groups excluding tert-OH is 1. The maximum atomic E-state index is 9.89. The second kappa shape index (κ2) is 7.23. The first-order valence-corrected chi connectivity index (χ1v) is 8.83. The van der Waals surface area contributed by atoms with Crippen LogP contribution in [-0.4, -0.2) is 36.2 Å². The van der Waals surface area contributed by atoms with Crippen LogP contribution in [-0.2, 0) is 13.1 Å². The molecular formula is C19H20ClNO5. The first-order valence-electron chi connectivity index (χ1n) is 8.45. The quantitative estimate of drug-likeness (QED) is 0.834. The molecule has 2 heterocycles. The number of fused-ring (bicyclic) bond motifs is 2. The van der Waals surface area contributed by atoms with Crippen LogP contribution in [0.4, 0.5) is 0 Å². The van der Waals surface area contributed by atoms with Gasteiger partial charge in [-0.05, 0) is 36.2 Å². The number of rotatable bonds is 6. The zero-order valence-corrected chi connectivity index (χ0v) is 15.2. The van der Waals surface area contributed by atoms with Gasteiger partial charge >= 0.3 is 0 Å². The minimum absolute atomic E-state index is 0.212. The molecule has 6 nitrogen and oxygen atoms in total. The van der Waals surface area contributed by atoms with E-state index >= 15 is 0 Å². The maximum Gasteiger partial charge on any atom is 0.231 e. The molecule has 1 atom stereocenters. The average molecular weight is 378 g/mol. The van der Waals surface area contributed by atoms with Gasteiger partial charge in [0.05, 0.1) is 6.10 Å². The number of ether oxygens (including phenoxy) is 4. The summed E-state index contributed by atoms with van der Waals surface area (Å²) in [5.41, 5.74) is 2.00. The molecule has 0 aromatic heterocycles. The third-order valence-corrected chi connectivity index (χ3v) is 4.65. The Labute approximate surface area is 156 Å². The number of halogens is 1. The first-order chi connectivity index (χ1) is 12.6. The van der Waals surface area contributed by atoms with Crippen LogP contribution in [0, 0.1) is 0 Å². The van der Waals surface area contributed by atoms with Gasteiger partial charge in [0.1, 0.15) is 0 Å². The smallest absolute Gasteiger partial charge is 0.231 e. The van der Waals surface area contributed by atoms with Crippen molar-refractivity contribution >= 4 is 11.6 Å². The first kappa shape index (κ1) is 17.3. The largest absolute Gasteiger partial charge is 0.454 e. The second-order valence-electron chi connectivity index (χ2n) is 6.50. The van der Waals surface area contributed by atoms with Crippen molar-refractivity contribution in [3.8, 4) is 23.0 Å². The average Bonchev–Trinajstić information content (AvgIpc) is 3.22. The van der Waals surface area contributed by atoms with Gasteiger partial charge in [0.15, 0.2) is 23.0 Å². The lowest BCUT2D eigenvalue weighted by molar-refractivity contribution is 0.118. The lowest BCUT2D eigenvalue weighted by Gasteiger charge is -2.24. The molecule has 1 unspecified atom stereocenters. The highest BCUT2D eigenvalue weighted by Gasteiger charge is 2.20. The van der Waals surface area contributed by atoms with Crippen LogP contribution < -0.4 is 18.9 Å². The molecule has 0 spiro atoms. The molecule has 0 saturated carbocycles. The van der Waals surface area contributed by atoms with Crippen LogP contribution in [0.25, 0.3) is 0 Å². The molecule has 26 heavy (non-hydrogen) atoms. The van der Waals surface area contributed by atoms with E-state index in [1.54, 1.807) is 13.0 Å².